The molecule has 0 aromatic heterocycles. The first-order valence-electron chi connectivity index (χ1n) is 7.32. The summed E-state index contributed by atoms with van der Waals surface area (Å²) in [5, 5.41) is 2.91. The minimum Gasteiger partial charge on any atom is -0.354 e. The maximum absolute atomic E-state index is 13.0. The van der Waals surface area contributed by atoms with Crippen molar-refractivity contribution in [1.82, 2.24) is 15.1 Å². The molecule has 120 valence electrons. The van der Waals surface area contributed by atoms with Crippen LogP contribution in [0.5, 0.6) is 0 Å². The highest BCUT2D eigenvalue weighted by molar-refractivity contribution is 5.89. The highest BCUT2D eigenvalue weighted by Crippen LogP contribution is 2.19. The van der Waals surface area contributed by atoms with Gasteiger partial charge in [0.2, 0.25) is 11.8 Å². The predicted octanol–water partition coefficient (Wildman–Crippen LogP) is 1.02. The number of hydrogen-bond donors (Lipinski definition) is 1. The number of amides is 2. The van der Waals surface area contributed by atoms with Gasteiger partial charge in [-0.15, -0.1) is 0 Å². The zero-order chi connectivity index (χ0) is 16.3. The van der Waals surface area contributed by atoms with Gasteiger partial charge in [0.25, 0.3) is 0 Å². The lowest BCUT2D eigenvalue weighted by Gasteiger charge is -2.25. The Bertz CT molecular complexity index is 545. The van der Waals surface area contributed by atoms with Crippen LogP contribution in [0.3, 0.4) is 0 Å². The molecule has 0 saturated carbocycles. The van der Waals surface area contributed by atoms with Crippen LogP contribution >= 0.6 is 0 Å². The van der Waals surface area contributed by atoms with Crippen LogP contribution in [-0.4, -0.2) is 55.8 Å². The Morgan fingerprint density at radius 1 is 1.41 bits per heavy atom. The van der Waals surface area contributed by atoms with Crippen molar-refractivity contribution in [3.63, 3.8) is 0 Å². The van der Waals surface area contributed by atoms with E-state index in [0.717, 1.165) is 5.56 Å². The summed E-state index contributed by atoms with van der Waals surface area (Å²) in [4.78, 5) is 27.2. The van der Waals surface area contributed by atoms with Crippen LogP contribution < -0.4 is 5.32 Å². The van der Waals surface area contributed by atoms with Crippen LogP contribution in [0.25, 0.3) is 0 Å². The van der Waals surface area contributed by atoms with Crippen molar-refractivity contribution in [2.75, 3.05) is 34.2 Å². The summed E-state index contributed by atoms with van der Waals surface area (Å²) >= 11 is 0. The van der Waals surface area contributed by atoms with Crippen LogP contribution in [0.2, 0.25) is 0 Å². The van der Waals surface area contributed by atoms with Crippen LogP contribution in [-0.2, 0) is 9.59 Å². The Balaban J connectivity index is 1.96. The van der Waals surface area contributed by atoms with E-state index in [2.05, 4.69) is 5.32 Å². The highest BCUT2D eigenvalue weighted by atomic mass is 19.1. The molecule has 2 atom stereocenters. The smallest absolute Gasteiger partial charge is 0.225 e. The van der Waals surface area contributed by atoms with Crippen LogP contribution in [0.1, 0.15) is 18.0 Å². The molecule has 1 aromatic carbocycles. The number of rotatable bonds is 5. The third-order valence-corrected chi connectivity index (χ3v) is 4.06. The average molecular weight is 307 g/mol. The highest BCUT2D eigenvalue weighted by Gasteiger charge is 2.32. The maximum atomic E-state index is 13.0. The van der Waals surface area contributed by atoms with Gasteiger partial charge in [0.15, 0.2) is 0 Å². The molecule has 22 heavy (non-hydrogen) atoms. The van der Waals surface area contributed by atoms with Crippen molar-refractivity contribution in [3.05, 3.63) is 35.6 Å². The summed E-state index contributed by atoms with van der Waals surface area (Å²) in [6, 6.07) is 6.23. The predicted molar refractivity (Wildman–Crippen MR) is 81.6 cm³/mol. The molecule has 1 fully saturated rings. The second-order valence-corrected chi connectivity index (χ2v) is 5.95. The van der Waals surface area contributed by atoms with Crippen molar-refractivity contribution < 1.29 is 14.0 Å². The fourth-order valence-corrected chi connectivity index (χ4v) is 2.66. The summed E-state index contributed by atoms with van der Waals surface area (Å²) in [6.45, 7) is 0.889. The van der Waals surface area contributed by atoms with Gasteiger partial charge < -0.3 is 15.1 Å². The van der Waals surface area contributed by atoms with Gasteiger partial charge in [0, 0.05) is 26.6 Å². The van der Waals surface area contributed by atoms with Gasteiger partial charge in [-0.2, -0.15) is 0 Å². The summed E-state index contributed by atoms with van der Waals surface area (Å²) in [5.74, 6) is -0.666. The molecule has 1 saturated heterocycles. The third kappa shape index (κ3) is 3.82. The number of halogens is 1. The van der Waals surface area contributed by atoms with Gasteiger partial charge >= 0.3 is 0 Å². The van der Waals surface area contributed by atoms with Crippen molar-refractivity contribution in [2.24, 2.45) is 5.92 Å². The number of benzene rings is 1. The Morgan fingerprint density at radius 2 is 2.05 bits per heavy atom. The van der Waals surface area contributed by atoms with Gasteiger partial charge in [-0.05, 0) is 31.8 Å². The number of carbonyl (C=O) groups is 2. The molecular weight excluding hydrogens is 285 g/mol. The van der Waals surface area contributed by atoms with Gasteiger partial charge in [-0.3, -0.25) is 9.59 Å². The zero-order valence-electron chi connectivity index (χ0n) is 13.2. The Hall–Kier alpha value is -1.95. The number of nitrogens with zero attached hydrogens (tertiary/aromatic N) is 2. The second kappa shape index (κ2) is 6.87. The fourth-order valence-electron chi connectivity index (χ4n) is 2.66. The van der Waals surface area contributed by atoms with E-state index in [9.17, 15) is 14.0 Å². The fraction of sp³-hybridized carbons (Fsp3) is 0.500. The number of hydrogen-bond acceptors (Lipinski definition) is 3. The Morgan fingerprint density at radius 3 is 2.55 bits per heavy atom. The molecule has 2 amide bonds. The van der Waals surface area contributed by atoms with E-state index >= 15 is 0 Å². The number of likely N-dealkylation sites (tertiary alicyclic amines) is 1. The lowest BCUT2D eigenvalue weighted by atomic mass is 10.0. The summed E-state index contributed by atoms with van der Waals surface area (Å²) in [5.41, 5.74) is 0.936. The van der Waals surface area contributed by atoms with E-state index in [-0.39, 0.29) is 36.0 Å². The van der Waals surface area contributed by atoms with Gasteiger partial charge in [-0.25, -0.2) is 4.39 Å². The molecule has 0 bridgehead atoms. The topological polar surface area (TPSA) is 52.7 Å². The normalized spacial score (nSPS) is 19.6. The van der Waals surface area contributed by atoms with Crippen molar-refractivity contribution in [1.29, 1.82) is 0 Å². The number of likely N-dealkylation sites (N-methyl/N-ethyl adjacent to an activating group) is 1. The lowest BCUT2D eigenvalue weighted by Crippen LogP contribution is -2.38. The summed E-state index contributed by atoms with van der Waals surface area (Å²) < 4.78 is 13.0. The third-order valence-electron chi connectivity index (χ3n) is 4.06. The zero-order valence-corrected chi connectivity index (χ0v) is 13.2. The van der Waals surface area contributed by atoms with E-state index in [1.807, 2.05) is 19.0 Å². The van der Waals surface area contributed by atoms with Gasteiger partial charge in [0.05, 0.1) is 12.0 Å². The molecule has 0 radical (unpaired) electrons. The average Bonchev–Trinajstić information content (AvgIpc) is 2.80. The first-order valence-corrected chi connectivity index (χ1v) is 7.32. The van der Waals surface area contributed by atoms with Crippen molar-refractivity contribution >= 4 is 11.8 Å². The Kier molecular flexibility index (Phi) is 5.13. The van der Waals surface area contributed by atoms with E-state index in [1.54, 1.807) is 24.1 Å². The monoisotopic (exact) mass is 307 g/mol. The van der Waals surface area contributed by atoms with Crippen LogP contribution in [0.15, 0.2) is 24.3 Å². The molecule has 1 aliphatic rings. The van der Waals surface area contributed by atoms with E-state index < -0.39 is 0 Å². The van der Waals surface area contributed by atoms with E-state index in [4.69, 9.17) is 0 Å². The maximum Gasteiger partial charge on any atom is 0.225 e. The first kappa shape index (κ1) is 16.4. The first-order chi connectivity index (χ1) is 10.4. The summed E-state index contributed by atoms with van der Waals surface area (Å²) in [6.07, 6.45) is 0.269. The molecule has 2 unspecified atom stereocenters. The lowest BCUT2D eigenvalue weighted by molar-refractivity contribution is -0.128. The Labute approximate surface area is 130 Å². The molecule has 1 aliphatic heterocycles. The molecule has 6 heteroatoms. The minimum atomic E-state index is -0.284. The largest absolute Gasteiger partial charge is 0.354 e. The molecule has 1 aromatic rings. The van der Waals surface area contributed by atoms with Crippen LogP contribution in [0.4, 0.5) is 4.39 Å². The van der Waals surface area contributed by atoms with Crippen LogP contribution in [0, 0.1) is 11.7 Å². The molecule has 0 spiro atoms. The second-order valence-electron chi connectivity index (χ2n) is 5.95. The standard InChI is InChI=1S/C16H22FN3O2/c1-19(2)14(11-4-6-13(17)7-5-11)9-18-16(22)12-8-15(21)20(3)10-12/h4-7,12,14H,8-10H2,1-3H3,(H,18,22). The molecule has 0 aliphatic carbocycles. The van der Waals surface area contributed by atoms with Crippen molar-refractivity contribution in [2.45, 2.75) is 12.5 Å². The molecule has 1 heterocycles. The molecular formula is C16H22FN3O2. The SMILES string of the molecule is CN1CC(C(=O)NCC(c2ccc(F)cc2)N(C)C)CC1=O. The van der Waals surface area contributed by atoms with E-state index in [1.165, 1.54) is 12.1 Å². The molecule has 1 N–H and O–H groups in total. The number of carbonyl (C=O) groups excluding carboxylic acids is 2. The van der Waals surface area contributed by atoms with Crippen molar-refractivity contribution in [3.8, 4) is 0 Å². The number of nitrogens with one attached hydrogen (secondary N) is 1. The van der Waals surface area contributed by atoms with Gasteiger partial charge in [0.1, 0.15) is 5.82 Å². The molecule has 5 nitrogen and oxygen atoms in total. The molecule has 2 rings (SSSR count). The summed E-state index contributed by atoms with van der Waals surface area (Å²) in [7, 11) is 5.52. The quantitative estimate of drug-likeness (QED) is 0.884. The minimum absolute atomic E-state index is 0.00263. The van der Waals surface area contributed by atoms with E-state index in [0.29, 0.717) is 13.1 Å². The van der Waals surface area contributed by atoms with Gasteiger partial charge in [-0.1, -0.05) is 12.1 Å².